The molecule has 20 heavy (non-hydrogen) atoms. The highest BCUT2D eigenvalue weighted by Gasteiger charge is 2.11. The topological polar surface area (TPSA) is 44.5 Å². The Labute approximate surface area is 124 Å². The fraction of sp³-hybridized carbons (Fsp3) is 0.250. The van der Waals surface area contributed by atoms with Crippen molar-refractivity contribution >= 4 is 11.6 Å². The average molecular weight is 292 g/mol. The standard InChI is InChI=1S/C16H18ClNO2/c1-19-15-8-5-12(10-16(15)20-2)14(18)9-11-3-6-13(17)7-4-11/h3-8,10,14H,9,18H2,1-2H3. The molecule has 1 atom stereocenters. The predicted octanol–water partition coefficient (Wildman–Crippen LogP) is 3.60. The third kappa shape index (κ3) is 3.44. The van der Waals surface area contributed by atoms with Gasteiger partial charge >= 0.3 is 0 Å². The van der Waals surface area contributed by atoms with Crippen LogP contribution in [0, 0.1) is 0 Å². The van der Waals surface area contributed by atoms with Gasteiger partial charge in [0.1, 0.15) is 0 Å². The number of nitrogens with two attached hydrogens (primary N) is 1. The maximum atomic E-state index is 6.25. The van der Waals surface area contributed by atoms with Crippen molar-refractivity contribution in [2.75, 3.05) is 14.2 Å². The molecule has 2 aromatic rings. The van der Waals surface area contributed by atoms with E-state index in [1.807, 2.05) is 42.5 Å². The lowest BCUT2D eigenvalue weighted by Gasteiger charge is -2.15. The van der Waals surface area contributed by atoms with Crippen LogP contribution in [-0.4, -0.2) is 14.2 Å². The molecule has 0 bridgehead atoms. The van der Waals surface area contributed by atoms with Crippen LogP contribution in [0.3, 0.4) is 0 Å². The number of hydrogen-bond donors (Lipinski definition) is 1. The fourth-order valence-corrected chi connectivity index (χ4v) is 2.20. The van der Waals surface area contributed by atoms with E-state index in [1.165, 1.54) is 0 Å². The zero-order chi connectivity index (χ0) is 14.5. The van der Waals surface area contributed by atoms with Gasteiger partial charge in [0.2, 0.25) is 0 Å². The molecule has 106 valence electrons. The summed E-state index contributed by atoms with van der Waals surface area (Å²) in [6.45, 7) is 0. The predicted molar refractivity (Wildman–Crippen MR) is 81.6 cm³/mol. The molecule has 0 aliphatic rings. The first-order valence-corrected chi connectivity index (χ1v) is 6.73. The summed E-state index contributed by atoms with van der Waals surface area (Å²) in [5.41, 5.74) is 8.41. The number of benzene rings is 2. The van der Waals surface area contributed by atoms with Crippen LogP contribution in [0.4, 0.5) is 0 Å². The minimum atomic E-state index is -0.101. The Kier molecular flexibility index (Phi) is 4.88. The van der Waals surface area contributed by atoms with Crippen LogP contribution < -0.4 is 15.2 Å². The van der Waals surface area contributed by atoms with Crippen molar-refractivity contribution < 1.29 is 9.47 Å². The van der Waals surface area contributed by atoms with Gasteiger partial charge in [0.25, 0.3) is 0 Å². The van der Waals surface area contributed by atoms with Gasteiger partial charge in [0, 0.05) is 11.1 Å². The first-order valence-electron chi connectivity index (χ1n) is 6.36. The molecule has 0 saturated heterocycles. The number of halogens is 1. The quantitative estimate of drug-likeness (QED) is 0.915. The third-order valence-electron chi connectivity index (χ3n) is 3.20. The second-order valence-corrected chi connectivity index (χ2v) is 4.99. The molecule has 4 heteroatoms. The Hall–Kier alpha value is -1.71. The van der Waals surface area contributed by atoms with E-state index in [9.17, 15) is 0 Å². The lowest BCUT2D eigenvalue weighted by Crippen LogP contribution is -2.13. The molecule has 0 fully saturated rings. The van der Waals surface area contributed by atoms with E-state index >= 15 is 0 Å². The van der Waals surface area contributed by atoms with Gasteiger partial charge in [0.05, 0.1) is 14.2 Å². The summed E-state index contributed by atoms with van der Waals surface area (Å²) in [6, 6.07) is 13.4. The largest absolute Gasteiger partial charge is 0.493 e. The second-order valence-electron chi connectivity index (χ2n) is 4.55. The lowest BCUT2D eigenvalue weighted by molar-refractivity contribution is 0.354. The van der Waals surface area contributed by atoms with E-state index in [4.69, 9.17) is 26.8 Å². The van der Waals surface area contributed by atoms with Gasteiger partial charge in [-0.1, -0.05) is 29.8 Å². The molecule has 0 saturated carbocycles. The van der Waals surface area contributed by atoms with E-state index in [1.54, 1.807) is 14.2 Å². The summed E-state index contributed by atoms with van der Waals surface area (Å²) in [5.74, 6) is 1.39. The number of hydrogen-bond acceptors (Lipinski definition) is 3. The molecule has 0 amide bonds. The number of rotatable bonds is 5. The van der Waals surface area contributed by atoms with E-state index < -0.39 is 0 Å². The Morgan fingerprint density at radius 3 is 2.25 bits per heavy atom. The molecule has 0 radical (unpaired) electrons. The van der Waals surface area contributed by atoms with Gasteiger partial charge in [-0.2, -0.15) is 0 Å². The molecule has 2 rings (SSSR count). The summed E-state index contributed by atoms with van der Waals surface area (Å²) in [4.78, 5) is 0. The Morgan fingerprint density at radius 1 is 1.00 bits per heavy atom. The molecule has 2 aromatic carbocycles. The zero-order valence-corrected chi connectivity index (χ0v) is 12.4. The summed E-state index contributed by atoms with van der Waals surface area (Å²) < 4.78 is 10.5. The van der Waals surface area contributed by atoms with Gasteiger partial charge in [-0.25, -0.2) is 0 Å². The van der Waals surface area contributed by atoms with Crippen molar-refractivity contribution in [3.05, 3.63) is 58.6 Å². The van der Waals surface area contributed by atoms with Crippen LogP contribution in [-0.2, 0) is 6.42 Å². The van der Waals surface area contributed by atoms with Crippen LogP contribution in [0.25, 0.3) is 0 Å². The molecule has 0 spiro atoms. The molecular formula is C16H18ClNO2. The molecular weight excluding hydrogens is 274 g/mol. The van der Waals surface area contributed by atoms with Crippen LogP contribution in [0.1, 0.15) is 17.2 Å². The third-order valence-corrected chi connectivity index (χ3v) is 3.46. The Balaban J connectivity index is 2.16. The van der Waals surface area contributed by atoms with E-state index in [-0.39, 0.29) is 6.04 Å². The van der Waals surface area contributed by atoms with Gasteiger partial charge in [-0.05, 0) is 41.8 Å². The summed E-state index contributed by atoms with van der Waals surface area (Å²) in [7, 11) is 3.23. The van der Waals surface area contributed by atoms with Crippen molar-refractivity contribution in [3.63, 3.8) is 0 Å². The van der Waals surface area contributed by atoms with E-state index in [0.29, 0.717) is 11.5 Å². The zero-order valence-electron chi connectivity index (χ0n) is 11.6. The summed E-state index contributed by atoms with van der Waals surface area (Å²) in [5, 5.41) is 0.730. The monoisotopic (exact) mass is 291 g/mol. The van der Waals surface area contributed by atoms with Crippen LogP contribution in [0.15, 0.2) is 42.5 Å². The normalized spacial score (nSPS) is 12.0. The minimum Gasteiger partial charge on any atom is -0.493 e. The summed E-state index contributed by atoms with van der Waals surface area (Å²) in [6.07, 6.45) is 0.743. The fourth-order valence-electron chi connectivity index (χ4n) is 2.08. The molecule has 2 N–H and O–H groups in total. The highest BCUT2D eigenvalue weighted by Crippen LogP contribution is 2.30. The Bertz CT molecular complexity index is 569. The summed E-state index contributed by atoms with van der Waals surface area (Å²) >= 11 is 5.88. The first-order chi connectivity index (χ1) is 9.63. The van der Waals surface area contributed by atoms with Crippen molar-refractivity contribution in [1.29, 1.82) is 0 Å². The molecule has 0 heterocycles. The van der Waals surface area contributed by atoms with Crippen LogP contribution in [0.5, 0.6) is 11.5 Å². The first kappa shape index (κ1) is 14.7. The maximum Gasteiger partial charge on any atom is 0.161 e. The van der Waals surface area contributed by atoms with Crippen LogP contribution >= 0.6 is 11.6 Å². The minimum absolute atomic E-state index is 0.101. The van der Waals surface area contributed by atoms with E-state index in [0.717, 1.165) is 22.6 Å². The molecule has 0 aromatic heterocycles. The maximum absolute atomic E-state index is 6.25. The van der Waals surface area contributed by atoms with Crippen molar-refractivity contribution in [2.45, 2.75) is 12.5 Å². The molecule has 1 unspecified atom stereocenters. The lowest BCUT2D eigenvalue weighted by atomic mass is 9.99. The van der Waals surface area contributed by atoms with Gasteiger partial charge in [-0.15, -0.1) is 0 Å². The smallest absolute Gasteiger partial charge is 0.161 e. The average Bonchev–Trinajstić information content (AvgIpc) is 2.48. The molecule has 3 nitrogen and oxygen atoms in total. The second kappa shape index (κ2) is 6.64. The molecule has 0 aliphatic heterocycles. The van der Waals surface area contributed by atoms with Gasteiger partial charge in [0.15, 0.2) is 11.5 Å². The van der Waals surface area contributed by atoms with Crippen molar-refractivity contribution in [2.24, 2.45) is 5.73 Å². The van der Waals surface area contributed by atoms with E-state index in [2.05, 4.69) is 0 Å². The highest BCUT2D eigenvalue weighted by molar-refractivity contribution is 6.30. The van der Waals surface area contributed by atoms with Crippen molar-refractivity contribution in [3.8, 4) is 11.5 Å². The highest BCUT2D eigenvalue weighted by atomic mass is 35.5. The Morgan fingerprint density at radius 2 is 1.65 bits per heavy atom. The van der Waals surface area contributed by atoms with Crippen LogP contribution in [0.2, 0.25) is 5.02 Å². The van der Waals surface area contributed by atoms with Crippen molar-refractivity contribution in [1.82, 2.24) is 0 Å². The van der Waals surface area contributed by atoms with Gasteiger partial charge < -0.3 is 15.2 Å². The number of ether oxygens (including phenoxy) is 2. The molecule has 0 aliphatic carbocycles. The van der Waals surface area contributed by atoms with Gasteiger partial charge in [-0.3, -0.25) is 0 Å². The number of methoxy groups -OCH3 is 2. The SMILES string of the molecule is COc1ccc(C(N)Cc2ccc(Cl)cc2)cc1OC.